The standard InChI is InChI=1S/C22H27N3O4S/c1-3-30(27,28)25-11-5-7-18(15-25)29-19-12-17(13-23-14-19)20-8-4-6-16-9-10-21(26)24(2)22(16)20/h4,6,8,12-14,18H,3,5,7,9-11,15H2,1-2H3/t18-/m0/s1. The normalized spacial score (nSPS) is 20.1. The van der Waals surface area contributed by atoms with Crippen molar-refractivity contribution in [1.82, 2.24) is 9.29 Å². The number of ether oxygens (including phenoxy) is 1. The highest BCUT2D eigenvalue weighted by molar-refractivity contribution is 7.89. The van der Waals surface area contributed by atoms with E-state index in [9.17, 15) is 13.2 Å². The molecule has 30 heavy (non-hydrogen) atoms. The summed E-state index contributed by atoms with van der Waals surface area (Å²) in [6.07, 6.45) is 6.05. The van der Waals surface area contributed by atoms with Crippen LogP contribution in [-0.4, -0.2) is 55.6 Å². The first-order valence-electron chi connectivity index (χ1n) is 10.4. The fourth-order valence-electron chi connectivity index (χ4n) is 4.22. The lowest BCUT2D eigenvalue weighted by atomic mass is 9.94. The maximum absolute atomic E-state index is 12.2. The van der Waals surface area contributed by atoms with Gasteiger partial charge < -0.3 is 9.64 Å². The van der Waals surface area contributed by atoms with E-state index in [1.165, 1.54) is 4.31 Å². The van der Waals surface area contributed by atoms with Crippen LogP contribution < -0.4 is 9.64 Å². The lowest BCUT2D eigenvalue weighted by Crippen LogP contribution is -2.44. The zero-order chi connectivity index (χ0) is 21.3. The monoisotopic (exact) mass is 429 g/mol. The molecule has 0 saturated carbocycles. The highest BCUT2D eigenvalue weighted by Gasteiger charge is 2.29. The minimum Gasteiger partial charge on any atom is -0.487 e. The van der Waals surface area contributed by atoms with E-state index in [2.05, 4.69) is 11.1 Å². The molecule has 3 heterocycles. The number of rotatable bonds is 5. The summed E-state index contributed by atoms with van der Waals surface area (Å²) in [6.45, 7) is 2.57. The molecule has 4 rings (SSSR count). The van der Waals surface area contributed by atoms with Gasteiger partial charge in [-0.15, -0.1) is 0 Å². The Morgan fingerprint density at radius 3 is 2.87 bits per heavy atom. The largest absolute Gasteiger partial charge is 0.487 e. The number of aromatic nitrogens is 1. The molecule has 0 aliphatic carbocycles. The van der Waals surface area contributed by atoms with Gasteiger partial charge in [0, 0.05) is 37.3 Å². The van der Waals surface area contributed by atoms with E-state index in [-0.39, 0.29) is 17.8 Å². The van der Waals surface area contributed by atoms with Gasteiger partial charge in [-0.25, -0.2) is 8.42 Å². The third-order valence-corrected chi connectivity index (χ3v) is 7.71. The Hall–Kier alpha value is -2.45. The summed E-state index contributed by atoms with van der Waals surface area (Å²) in [5.41, 5.74) is 3.89. The Bertz CT molecular complexity index is 1050. The number of carbonyl (C=O) groups is 1. The van der Waals surface area contributed by atoms with Gasteiger partial charge in [0.1, 0.15) is 11.9 Å². The second-order valence-corrected chi connectivity index (χ2v) is 10.1. The van der Waals surface area contributed by atoms with Gasteiger partial charge in [0.25, 0.3) is 0 Å². The molecule has 0 unspecified atom stereocenters. The zero-order valence-electron chi connectivity index (χ0n) is 17.4. The van der Waals surface area contributed by atoms with E-state index in [0.29, 0.717) is 25.3 Å². The predicted octanol–water partition coefficient (Wildman–Crippen LogP) is 2.85. The Labute approximate surface area is 177 Å². The van der Waals surface area contributed by atoms with Gasteiger partial charge in [0.15, 0.2) is 0 Å². The summed E-state index contributed by atoms with van der Waals surface area (Å²) in [5, 5.41) is 0. The molecule has 1 amide bonds. The van der Waals surface area contributed by atoms with Crippen LogP contribution in [0.2, 0.25) is 0 Å². The van der Waals surface area contributed by atoms with E-state index in [1.807, 2.05) is 25.2 Å². The SMILES string of the molecule is CCS(=O)(=O)N1CCC[C@H](Oc2cncc(-c3cccc4c3N(C)C(=O)CC4)c2)C1. The van der Waals surface area contributed by atoms with E-state index < -0.39 is 10.0 Å². The van der Waals surface area contributed by atoms with E-state index in [4.69, 9.17) is 4.74 Å². The van der Waals surface area contributed by atoms with Crippen molar-refractivity contribution in [2.75, 3.05) is 30.8 Å². The molecule has 1 saturated heterocycles. The average Bonchev–Trinajstić information content (AvgIpc) is 2.76. The number of amides is 1. The number of sulfonamides is 1. The summed E-state index contributed by atoms with van der Waals surface area (Å²) in [4.78, 5) is 18.3. The van der Waals surface area contributed by atoms with Gasteiger partial charge in [-0.3, -0.25) is 9.78 Å². The van der Waals surface area contributed by atoms with Gasteiger partial charge in [-0.2, -0.15) is 4.31 Å². The van der Waals surface area contributed by atoms with Crippen molar-refractivity contribution in [1.29, 1.82) is 0 Å². The molecule has 1 fully saturated rings. The molecule has 7 nitrogen and oxygen atoms in total. The van der Waals surface area contributed by atoms with Crippen molar-refractivity contribution < 1.29 is 17.9 Å². The van der Waals surface area contributed by atoms with Gasteiger partial charge in [-0.05, 0) is 37.8 Å². The molecule has 1 aromatic heterocycles. The van der Waals surface area contributed by atoms with Crippen LogP contribution in [0.1, 0.15) is 31.7 Å². The average molecular weight is 430 g/mol. The number of aryl methyl sites for hydroxylation is 1. The maximum atomic E-state index is 12.2. The molecular weight excluding hydrogens is 402 g/mol. The van der Waals surface area contributed by atoms with Crippen molar-refractivity contribution in [2.24, 2.45) is 0 Å². The van der Waals surface area contributed by atoms with Gasteiger partial charge >= 0.3 is 0 Å². The van der Waals surface area contributed by atoms with Crippen LogP contribution in [0.3, 0.4) is 0 Å². The number of hydrogen-bond acceptors (Lipinski definition) is 5. The lowest BCUT2D eigenvalue weighted by Gasteiger charge is -2.32. The van der Waals surface area contributed by atoms with Crippen molar-refractivity contribution in [3.63, 3.8) is 0 Å². The quantitative estimate of drug-likeness (QED) is 0.730. The smallest absolute Gasteiger partial charge is 0.227 e. The first kappa shape index (κ1) is 20.8. The highest BCUT2D eigenvalue weighted by atomic mass is 32.2. The molecule has 0 radical (unpaired) electrons. The molecule has 0 spiro atoms. The fraction of sp³-hybridized carbons (Fsp3) is 0.455. The van der Waals surface area contributed by atoms with Crippen LogP contribution in [0.25, 0.3) is 11.1 Å². The number of para-hydroxylation sites is 1. The number of carbonyl (C=O) groups excluding carboxylic acids is 1. The number of piperidine rings is 1. The van der Waals surface area contributed by atoms with Gasteiger partial charge in [0.2, 0.25) is 15.9 Å². The highest BCUT2D eigenvalue weighted by Crippen LogP contribution is 2.37. The van der Waals surface area contributed by atoms with Crippen molar-refractivity contribution in [3.05, 3.63) is 42.2 Å². The van der Waals surface area contributed by atoms with E-state index in [1.54, 1.807) is 24.2 Å². The third kappa shape index (κ3) is 4.06. The summed E-state index contributed by atoms with van der Waals surface area (Å²) in [7, 11) is -1.41. The second-order valence-electron chi connectivity index (χ2n) is 7.82. The summed E-state index contributed by atoms with van der Waals surface area (Å²) in [5.74, 6) is 0.813. The number of anilines is 1. The molecule has 2 aliphatic rings. The summed E-state index contributed by atoms with van der Waals surface area (Å²) < 4.78 is 32.1. The molecule has 1 atom stereocenters. The molecule has 2 aliphatic heterocycles. The Balaban J connectivity index is 1.58. The molecular formula is C22H27N3O4S. The van der Waals surface area contributed by atoms with E-state index >= 15 is 0 Å². The summed E-state index contributed by atoms with van der Waals surface area (Å²) >= 11 is 0. The summed E-state index contributed by atoms with van der Waals surface area (Å²) in [6, 6.07) is 7.97. The third-order valence-electron chi connectivity index (χ3n) is 5.86. The first-order chi connectivity index (χ1) is 14.4. The molecule has 2 aromatic rings. The van der Waals surface area contributed by atoms with Crippen LogP contribution in [0, 0.1) is 0 Å². The Morgan fingerprint density at radius 1 is 1.23 bits per heavy atom. The maximum Gasteiger partial charge on any atom is 0.227 e. The minimum absolute atomic E-state index is 0.0993. The van der Waals surface area contributed by atoms with Crippen LogP contribution in [0.15, 0.2) is 36.7 Å². The number of hydrogen-bond donors (Lipinski definition) is 0. The van der Waals surface area contributed by atoms with Crippen LogP contribution in [-0.2, 0) is 21.2 Å². The fourth-order valence-corrected chi connectivity index (χ4v) is 5.38. The molecule has 0 N–H and O–H groups in total. The molecule has 0 bridgehead atoms. The number of fused-ring (bicyclic) bond motifs is 1. The Morgan fingerprint density at radius 2 is 2.07 bits per heavy atom. The molecule has 160 valence electrons. The van der Waals surface area contributed by atoms with Crippen LogP contribution >= 0.6 is 0 Å². The van der Waals surface area contributed by atoms with Crippen molar-refractivity contribution in [3.8, 4) is 16.9 Å². The van der Waals surface area contributed by atoms with Crippen LogP contribution in [0.4, 0.5) is 5.69 Å². The molecule has 8 heteroatoms. The number of nitrogens with zero attached hydrogens (tertiary/aromatic N) is 3. The predicted molar refractivity (Wildman–Crippen MR) is 116 cm³/mol. The van der Waals surface area contributed by atoms with Crippen molar-refractivity contribution in [2.45, 2.75) is 38.7 Å². The minimum atomic E-state index is -3.22. The van der Waals surface area contributed by atoms with Crippen molar-refractivity contribution >= 4 is 21.6 Å². The molecule has 1 aromatic carbocycles. The van der Waals surface area contributed by atoms with Gasteiger partial charge in [-0.1, -0.05) is 18.2 Å². The second kappa shape index (κ2) is 8.35. The van der Waals surface area contributed by atoms with Gasteiger partial charge in [0.05, 0.1) is 24.2 Å². The Kier molecular flexibility index (Phi) is 5.79. The zero-order valence-corrected chi connectivity index (χ0v) is 18.2. The number of pyridine rings is 1. The topological polar surface area (TPSA) is 79.8 Å². The first-order valence-corrected chi connectivity index (χ1v) is 12.0. The van der Waals surface area contributed by atoms with Crippen LogP contribution in [0.5, 0.6) is 5.75 Å². The lowest BCUT2D eigenvalue weighted by molar-refractivity contribution is -0.118. The van der Waals surface area contributed by atoms with E-state index in [0.717, 1.165) is 41.6 Å². The number of benzene rings is 1.